The Kier molecular flexibility index (Phi) is 7.56. The number of ketones is 1. The van der Waals surface area contributed by atoms with Crippen LogP contribution in [0.15, 0.2) is 65.0 Å². The summed E-state index contributed by atoms with van der Waals surface area (Å²) in [5, 5.41) is 8.62. The van der Waals surface area contributed by atoms with Gasteiger partial charge in [0.1, 0.15) is 17.6 Å². The van der Waals surface area contributed by atoms with Crippen molar-refractivity contribution in [3.8, 4) is 5.75 Å². The minimum Gasteiger partial charge on any atom is -0.484 e. The number of nitrogens with one attached hydrogen (secondary N) is 1. The van der Waals surface area contributed by atoms with Crippen LogP contribution in [-0.4, -0.2) is 64.3 Å². The largest absolute Gasteiger partial charge is 0.484 e. The summed E-state index contributed by atoms with van der Waals surface area (Å²) in [5.74, 6) is 1.23. The molecule has 41 heavy (non-hydrogen) atoms. The Morgan fingerprint density at radius 1 is 1.15 bits per heavy atom. The van der Waals surface area contributed by atoms with Crippen LogP contribution >= 0.6 is 11.8 Å². The molecule has 3 aromatic rings. The molecule has 1 aliphatic carbocycles. The highest BCUT2D eigenvalue weighted by Gasteiger charge is 2.42. The van der Waals surface area contributed by atoms with Crippen molar-refractivity contribution in [3.63, 3.8) is 0 Å². The van der Waals surface area contributed by atoms with Gasteiger partial charge >= 0.3 is 0 Å². The van der Waals surface area contributed by atoms with Gasteiger partial charge in [-0.2, -0.15) is 4.98 Å². The van der Waals surface area contributed by atoms with Crippen LogP contribution in [0.25, 0.3) is 0 Å². The Morgan fingerprint density at radius 3 is 2.66 bits per heavy atom. The van der Waals surface area contributed by atoms with Gasteiger partial charge in [0.05, 0.1) is 13.2 Å². The van der Waals surface area contributed by atoms with Crippen LogP contribution in [0, 0.1) is 11.2 Å². The van der Waals surface area contributed by atoms with Crippen LogP contribution in [0.4, 0.5) is 10.3 Å². The molecule has 1 aromatic heterocycles. The molecule has 9 nitrogen and oxygen atoms in total. The minimum atomic E-state index is -0.468. The van der Waals surface area contributed by atoms with E-state index in [0.29, 0.717) is 72.9 Å². The van der Waals surface area contributed by atoms with Crippen molar-refractivity contribution in [1.29, 1.82) is 0 Å². The van der Waals surface area contributed by atoms with Gasteiger partial charge in [0.15, 0.2) is 12.4 Å². The number of anilines is 1. The van der Waals surface area contributed by atoms with E-state index in [0.717, 1.165) is 11.3 Å². The highest BCUT2D eigenvalue weighted by Crippen LogP contribution is 2.46. The van der Waals surface area contributed by atoms with Crippen molar-refractivity contribution >= 4 is 29.4 Å². The average molecular weight is 578 g/mol. The number of amides is 1. The number of allylic oxidation sites excluding steroid dienone is 2. The fourth-order valence-corrected chi connectivity index (χ4v) is 6.33. The van der Waals surface area contributed by atoms with Crippen molar-refractivity contribution in [2.45, 2.75) is 43.6 Å². The van der Waals surface area contributed by atoms with E-state index in [-0.39, 0.29) is 29.5 Å². The van der Waals surface area contributed by atoms with Gasteiger partial charge in [-0.15, -0.1) is 5.10 Å². The number of hydrogen-bond acceptors (Lipinski definition) is 8. The Morgan fingerprint density at radius 2 is 1.90 bits per heavy atom. The molecule has 0 bridgehead atoms. The SMILES string of the molecule is CC1(C)CC(=O)C2=C(C1)Nc1nc(SCc3ccccc3F)nn1C2c1ccc(OCC(=O)N2CCOCC2)cc1. The lowest BCUT2D eigenvalue weighted by Gasteiger charge is -2.38. The molecule has 2 aliphatic heterocycles. The summed E-state index contributed by atoms with van der Waals surface area (Å²) in [4.78, 5) is 32.4. The number of carbonyl (C=O) groups is 2. The zero-order chi connectivity index (χ0) is 28.6. The number of morpholine rings is 1. The molecule has 1 fully saturated rings. The van der Waals surface area contributed by atoms with Crippen LogP contribution in [0.2, 0.25) is 0 Å². The Hall–Kier alpha value is -3.70. The molecule has 1 unspecified atom stereocenters. The maximum Gasteiger partial charge on any atom is 0.260 e. The summed E-state index contributed by atoms with van der Waals surface area (Å²) in [5.41, 5.74) is 2.80. The molecule has 0 spiro atoms. The molecule has 1 atom stereocenters. The van der Waals surface area contributed by atoms with E-state index in [9.17, 15) is 14.0 Å². The van der Waals surface area contributed by atoms with E-state index in [4.69, 9.17) is 19.6 Å². The quantitative estimate of drug-likeness (QED) is 0.407. The molecule has 1 N–H and O–H groups in total. The van der Waals surface area contributed by atoms with Crippen LogP contribution in [-0.2, 0) is 20.1 Å². The maximum absolute atomic E-state index is 14.2. The molecule has 11 heteroatoms. The first-order valence-corrected chi connectivity index (χ1v) is 14.7. The van der Waals surface area contributed by atoms with Crippen molar-refractivity contribution in [2.24, 2.45) is 5.41 Å². The number of hydrogen-bond donors (Lipinski definition) is 1. The second-order valence-electron chi connectivity index (χ2n) is 11.3. The number of Topliss-reactive ketones (excluding diaryl/α,β-unsaturated/α-hetero) is 1. The first-order valence-electron chi connectivity index (χ1n) is 13.7. The normalized spacial score (nSPS) is 19.8. The molecule has 0 saturated carbocycles. The number of carbonyl (C=O) groups excluding carboxylic acids is 2. The van der Waals surface area contributed by atoms with E-state index in [1.807, 2.05) is 24.3 Å². The average Bonchev–Trinajstić information content (AvgIpc) is 3.37. The number of thioether (sulfide) groups is 1. The lowest BCUT2D eigenvalue weighted by molar-refractivity contribution is -0.137. The third-order valence-corrected chi connectivity index (χ3v) is 8.44. The number of nitrogens with zero attached hydrogens (tertiary/aromatic N) is 4. The Labute approximate surface area is 242 Å². The monoisotopic (exact) mass is 577 g/mol. The molecule has 1 saturated heterocycles. The lowest BCUT2D eigenvalue weighted by atomic mass is 9.73. The van der Waals surface area contributed by atoms with E-state index >= 15 is 0 Å². The van der Waals surface area contributed by atoms with Crippen molar-refractivity contribution in [3.05, 3.63) is 76.7 Å². The number of fused-ring (bicyclic) bond motifs is 1. The number of ether oxygens (including phenoxy) is 2. The smallest absolute Gasteiger partial charge is 0.260 e. The zero-order valence-corrected chi connectivity index (χ0v) is 23.9. The topological polar surface area (TPSA) is 98.6 Å². The van der Waals surface area contributed by atoms with Gasteiger partial charge in [-0.25, -0.2) is 9.07 Å². The van der Waals surface area contributed by atoms with Gasteiger partial charge in [-0.1, -0.05) is 55.9 Å². The lowest BCUT2D eigenvalue weighted by Crippen LogP contribution is -2.42. The van der Waals surface area contributed by atoms with Crippen LogP contribution in [0.3, 0.4) is 0 Å². The second kappa shape index (κ2) is 11.3. The molecule has 0 radical (unpaired) electrons. The number of aromatic nitrogens is 3. The van der Waals surface area contributed by atoms with Gasteiger partial charge < -0.3 is 19.7 Å². The first-order chi connectivity index (χ1) is 19.8. The van der Waals surface area contributed by atoms with Gasteiger partial charge in [0, 0.05) is 36.5 Å². The van der Waals surface area contributed by atoms with E-state index in [2.05, 4.69) is 19.2 Å². The van der Waals surface area contributed by atoms with Gasteiger partial charge in [-0.05, 0) is 41.2 Å². The summed E-state index contributed by atoms with van der Waals surface area (Å²) < 4.78 is 27.0. The molecule has 3 heterocycles. The van der Waals surface area contributed by atoms with E-state index < -0.39 is 6.04 Å². The van der Waals surface area contributed by atoms with Gasteiger partial charge in [0.25, 0.3) is 5.91 Å². The van der Waals surface area contributed by atoms with Gasteiger partial charge in [-0.3, -0.25) is 9.59 Å². The molecular weight excluding hydrogens is 545 g/mol. The fourth-order valence-electron chi connectivity index (χ4n) is 5.51. The fraction of sp³-hybridized carbons (Fsp3) is 0.400. The second-order valence-corrected chi connectivity index (χ2v) is 12.2. The van der Waals surface area contributed by atoms with Gasteiger partial charge in [0.2, 0.25) is 11.1 Å². The van der Waals surface area contributed by atoms with E-state index in [1.165, 1.54) is 17.8 Å². The number of benzene rings is 2. The third-order valence-electron chi connectivity index (χ3n) is 7.55. The first kappa shape index (κ1) is 27.5. The Balaban J connectivity index is 1.25. The third kappa shape index (κ3) is 5.87. The van der Waals surface area contributed by atoms with Crippen LogP contribution in [0.5, 0.6) is 5.75 Å². The molecule has 214 valence electrons. The molecule has 1 amide bonds. The predicted molar refractivity (Wildman–Crippen MR) is 152 cm³/mol. The zero-order valence-electron chi connectivity index (χ0n) is 23.1. The molecule has 2 aromatic carbocycles. The molecular formula is C30H32FN5O4S. The van der Waals surface area contributed by atoms with Crippen molar-refractivity contribution in [1.82, 2.24) is 19.7 Å². The minimum absolute atomic E-state index is 0.0502. The summed E-state index contributed by atoms with van der Waals surface area (Å²) in [6, 6.07) is 13.6. The summed E-state index contributed by atoms with van der Waals surface area (Å²) >= 11 is 1.35. The summed E-state index contributed by atoms with van der Waals surface area (Å²) in [7, 11) is 0. The summed E-state index contributed by atoms with van der Waals surface area (Å²) in [6.07, 6.45) is 1.15. The van der Waals surface area contributed by atoms with E-state index in [1.54, 1.807) is 27.8 Å². The van der Waals surface area contributed by atoms with Crippen LogP contribution < -0.4 is 10.1 Å². The highest BCUT2D eigenvalue weighted by molar-refractivity contribution is 7.98. The summed E-state index contributed by atoms with van der Waals surface area (Å²) in [6.45, 7) is 6.34. The number of rotatable bonds is 7. The maximum atomic E-state index is 14.2. The predicted octanol–water partition coefficient (Wildman–Crippen LogP) is 4.61. The highest BCUT2D eigenvalue weighted by atomic mass is 32.2. The van der Waals surface area contributed by atoms with Crippen molar-refractivity contribution in [2.75, 3.05) is 38.2 Å². The van der Waals surface area contributed by atoms with Crippen molar-refractivity contribution < 1.29 is 23.5 Å². The molecule has 6 rings (SSSR count). The standard InChI is InChI=1S/C30H32FN5O4S/c1-30(2)15-23-26(24(37)16-30)27(19-7-9-21(10-8-19)40-17-25(38)35-11-13-39-14-12-35)36-28(32-23)33-29(34-36)41-18-20-5-3-4-6-22(20)31/h3-10,27H,11-18H2,1-2H3,(H,32,33,34). The number of halogens is 1. The van der Waals surface area contributed by atoms with Crippen LogP contribution in [0.1, 0.15) is 43.9 Å². The Bertz CT molecular complexity index is 1500. The molecule has 3 aliphatic rings.